The monoisotopic (exact) mass is 233 g/mol. The molecular weight excluding hydrogens is 222 g/mol. The van der Waals surface area contributed by atoms with Crippen LogP contribution in [0.5, 0.6) is 0 Å². The van der Waals surface area contributed by atoms with Crippen LogP contribution < -0.4 is 0 Å². The number of pyridine rings is 1. The van der Waals surface area contributed by atoms with Gasteiger partial charge in [0.1, 0.15) is 16.4 Å². The zero-order valence-electron chi connectivity index (χ0n) is 8.74. The second-order valence-corrected chi connectivity index (χ2v) is 4.29. The van der Waals surface area contributed by atoms with Crippen molar-refractivity contribution in [2.24, 2.45) is 0 Å². The SMILES string of the molecule is C[C@@H](O)c1ccnc(Sc2ccncn2)c1. The van der Waals surface area contributed by atoms with Gasteiger partial charge in [-0.1, -0.05) is 0 Å². The molecule has 0 spiro atoms. The average Bonchev–Trinajstić information content (AvgIpc) is 2.30. The van der Waals surface area contributed by atoms with Crippen LogP contribution in [0.2, 0.25) is 0 Å². The minimum absolute atomic E-state index is 0.479. The third kappa shape index (κ3) is 2.77. The molecule has 2 rings (SSSR count). The van der Waals surface area contributed by atoms with E-state index in [-0.39, 0.29) is 0 Å². The number of rotatable bonds is 3. The van der Waals surface area contributed by atoms with Crippen LogP contribution >= 0.6 is 11.8 Å². The zero-order chi connectivity index (χ0) is 11.4. The summed E-state index contributed by atoms with van der Waals surface area (Å²) in [5.41, 5.74) is 0.853. The second kappa shape index (κ2) is 5.05. The molecule has 2 aromatic heterocycles. The van der Waals surface area contributed by atoms with Gasteiger partial charge < -0.3 is 5.11 Å². The van der Waals surface area contributed by atoms with E-state index in [0.29, 0.717) is 0 Å². The highest BCUT2D eigenvalue weighted by Gasteiger charge is 2.04. The van der Waals surface area contributed by atoms with Crippen LogP contribution in [0.1, 0.15) is 18.6 Å². The average molecular weight is 233 g/mol. The van der Waals surface area contributed by atoms with Crippen molar-refractivity contribution in [2.75, 3.05) is 0 Å². The van der Waals surface area contributed by atoms with Crippen LogP contribution in [-0.2, 0) is 0 Å². The summed E-state index contributed by atoms with van der Waals surface area (Å²) in [7, 11) is 0. The largest absolute Gasteiger partial charge is 0.389 e. The lowest BCUT2D eigenvalue weighted by Crippen LogP contribution is -1.92. The van der Waals surface area contributed by atoms with Gasteiger partial charge >= 0.3 is 0 Å². The molecule has 0 unspecified atom stereocenters. The van der Waals surface area contributed by atoms with Crippen molar-refractivity contribution in [3.63, 3.8) is 0 Å². The Hall–Kier alpha value is -1.46. The van der Waals surface area contributed by atoms with Gasteiger partial charge in [0.2, 0.25) is 0 Å². The molecule has 0 fully saturated rings. The highest BCUT2D eigenvalue weighted by molar-refractivity contribution is 7.99. The summed E-state index contributed by atoms with van der Waals surface area (Å²) in [5, 5.41) is 11.1. The first-order valence-electron chi connectivity index (χ1n) is 4.83. The van der Waals surface area contributed by atoms with E-state index in [2.05, 4.69) is 15.0 Å². The van der Waals surface area contributed by atoms with E-state index in [1.165, 1.54) is 18.1 Å². The van der Waals surface area contributed by atoms with Crippen LogP contribution in [0.4, 0.5) is 0 Å². The van der Waals surface area contributed by atoms with Crippen LogP contribution in [0.3, 0.4) is 0 Å². The maximum Gasteiger partial charge on any atom is 0.116 e. The fraction of sp³-hybridized carbons (Fsp3) is 0.182. The molecule has 4 nitrogen and oxygen atoms in total. The van der Waals surface area contributed by atoms with Crippen molar-refractivity contribution in [1.29, 1.82) is 0 Å². The molecular formula is C11H11N3OS. The van der Waals surface area contributed by atoms with E-state index in [1.54, 1.807) is 25.4 Å². The predicted octanol–water partition coefficient (Wildman–Crippen LogP) is 2.08. The van der Waals surface area contributed by atoms with Gasteiger partial charge in [0.25, 0.3) is 0 Å². The van der Waals surface area contributed by atoms with Crippen LogP contribution in [0.25, 0.3) is 0 Å². The Balaban J connectivity index is 2.19. The van der Waals surface area contributed by atoms with Gasteiger partial charge in [-0.3, -0.25) is 0 Å². The molecule has 0 aliphatic rings. The zero-order valence-corrected chi connectivity index (χ0v) is 9.56. The molecule has 0 saturated heterocycles. The van der Waals surface area contributed by atoms with Gasteiger partial charge in [0.15, 0.2) is 0 Å². The van der Waals surface area contributed by atoms with Gasteiger partial charge in [0.05, 0.1) is 6.10 Å². The van der Waals surface area contributed by atoms with Gasteiger partial charge in [0, 0.05) is 12.4 Å². The molecule has 0 radical (unpaired) electrons. The number of aliphatic hydroxyl groups is 1. The molecule has 0 aromatic carbocycles. The van der Waals surface area contributed by atoms with Gasteiger partial charge in [-0.2, -0.15) is 0 Å². The molecule has 0 bridgehead atoms. The summed E-state index contributed by atoms with van der Waals surface area (Å²) in [4.78, 5) is 12.2. The molecule has 0 amide bonds. The number of nitrogens with zero attached hydrogens (tertiary/aromatic N) is 3. The minimum atomic E-state index is -0.479. The summed E-state index contributed by atoms with van der Waals surface area (Å²) in [5.74, 6) is 0. The first kappa shape index (κ1) is 11.0. The van der Waals surface area contributed by atoms with Crippen molar-refractivity contribution in [2.45, 2.75) is 23.1 Å². The normalized spacial score (nSPS) is 12.4. The third-order valence-corrected chi connectivity index (χ3v) is 2.89. The van der Waals surface area contributed by atoms with Crippen molar-refractivity contribution in [1.82, 2.24) is 15.0 Å². The van der Waals surface area contributed by atoms with E-state index in [9.17, 15) is 5.11 Å². The number of hydrogen-bond acceptors (Lipinski definition) is 5. The molecule has 5 heteroatoms. The quantitative estimate of drug-likeness (QED) is 0.822. The van der Waals surface area contributed by atoms with Crippen molar-refractivity contribution < 1.29 is 5.11 Å². The van der Waals surface area contributed by atoms with Gasteiger partial charge in [-0.05, 0) is 42.4 Å². The Morgan fingerprint density at radius 3 is 2.75 bits per heavy atom. The van der Waals surface area contributed by atoms with Gasteiger partial charge in [-0.25, -0.2) is 15.0 Å². The first-order valence-corrected chi connectivity index (χ1v) is 5.65. The number of aliphatic hydroxyl groups excluding tert-OH is 1. The van der Waals surface area contributed by atoms with Crippen molar-refractivity contribution in [3.8, 4) is 0 Å². The molecule has 0 aliphatic heterocycles. The molecule has 16 heavy (non-hydrogen) atoms. The number of aromatic nitrogens is 3. The summed E-state index contributed by atoms with van der Waals surface area (Å²) >= 11 is 1.45. The van der Waals surface area contributed by atoms with Crippen LogP contribution in [0.15, 0.2) is 47.0 Å². The Morgan fingerprint density at radius 1 is 1.19 bits per heavy atom. The predicted molar refractivity (Wildman–Crippen MR) is 61.0 cm³/mol. The standard InChI is InChI=1S/C11H11N3OS/c1-8(15)9-2-5-13-11(6-9)16-10-3-4-12-7-14-10/h2-8,15H,1H3/t8-/m1/s1. The second-order valence-electron chi connectivity index (χ2n) is 3.25. The topological polar surface area (TPSA) is 58.9 Å². The van der Waals surface area contributed by atoms with E-state index >= 15 is 0 Å². The lowest BCUT2D eigenvalue weighted by molar-refractivity contribution is 0.199. The van der Waals surface area contributed by atoms with Crippen LogP contribution in [0, 0.1) is 0 Å². The van der Waals surface area contributed by atoms with Crippen molar-refractivity contribution >= 4 is 11.8 Å². The molecule has 2 heterocycles. The summed E-state index contributed by atoms with van der Waals surface area (Å²) in [6.07, 6.45) is 4.40. The van der Waals surface area contributed by atoms with E-state index in [0.717, 1.165) is 15.6 Å². The molecule has 2 aromatic rings. The first-order chi connectivity index (χ1) is 7.75. The van der Waals surface area contributed by atoms with Gasteiger partial charge in [-0.15, -0.1) is 0 Å². The summed E-state index contributed by atoms with van der Waals surface area (Å²) in [6, 6.07) is 5.48. The van der Waals surface area contributed by atoms with Crippen molar-refractivity contribution in [3.05, 3.63) is 42.5 Å². The summed E-state index contributed by atoms with van der Waals surface area (Å²) < 4.78 is 0. The Kier molecular flexibility index (Phi) is 3.48. The molecule has 1 atom stereocenters. The fourth-order valence-corrected chi connectivity index (χ4v) is 1.94. The highest BCUT2D eigenvalue weighted by Crippen LogP contribution is 2.25. The third-order valence-electron chi connectivity index (χ3n) is 2.01. The highest BCUT2D eigenvalue weighted by atomic mass is 32.2. The lowest BCUT2D eigenvalue weighted by atomic mass is 10.2. The Morgan fingerprint density at radius 2 is 2.06 bits per heavy atom. The maximum atomic E-state index is 9.45. The lowest BCUT2D eigenvalue weighted by Gasteiger charge is -2.05. The maximum absolute atomic E-state index is 9.45. The Labute approximate surface area is 97.8 Å². The van der Waals surface area contributed by atoms with E-state index < -0.39 is 6.10 Å². The molecule has 0 saturated carbocycles. The minimum Gasteiger partial charge on any atom is -0.389 e. The molecule has 1 N–H and O–H groups in total. The molecule has 0 aliphatic carbocycles. The Bertz CT molecular complexity index is 462. The van der Waals surface area contributed by atoms with E-state index in [4.69, 9.17) is 0 Å². The van der Waals surface area contributed by atoms with E-state index in [1.807, 2.05) is 12.1 Å². The number of hydrogen-bond donors (Lipinski definition) is 1. The smallest absolute Gasteiger partial charge is 0.116 e. The fourth-order valence-electron chi connectivity index (χ4n) is 1.19. The molecule has 82 valence electrons. The van der Waals surface area contributed by atoms with Crippen LogP contribution in [-0.4, -0.2) is 20.1 Å². The summed E-state index contributed by atoms with van der Waals surface area (Å²) in [6.45, 7) is 1.73.